The van der Waals surface area contributed by atoms with Crippen LogP contribution >= 0.6 is 0 Å². The average Bonchev–Trinajstić information content (AvgIpc) is 1.31. The van der Waals surface area contributed by atoms with E-state index in [1.807, 2.05) is 0 Å². The summed E-state index contributed by atoms with van der Waals surface area (Å²) in [6, 6.07) is 0. The Bertz CT molecular complexity index is 38.5. The van der Waals surface area contributed by atoms with Gasteiger partial charge in [0.25, 0.3) is 0 Å². The van der Waals surface area contributed by atoms with Gasteiger partial charge in [-0.05, 0) is 0 Å². The molecule has 1 heterocycles. The topological polar surface area (TPSA) is 38.7 Å². The molecule has 1 aliphatic rings. The third-order valence-corrected chi connectivity index (χ3v) is 0.662. The lowest BCUT2D eigenvalue weighted by molar-refractivity contribution is -0.428. The van der Waals surface area contributed by atoms with Crippen molar-refractivity contribution in [3.63, 3.8) is 0 Å². The standard InChI is InChI=1S/C3H6O3/c4-1-3-2-5-6-3/h3-4H,1-2H2/t3-/m1/s1. The highest BCUT2D eigenvalue weighted by molar-refractivity contribution is 4.53. The maximum atomic E-state index is 8.18. The maximum Gasteiger partial charge on any atom is 0.142 e. The van der Waals surface area contributed by atoms with Gasteiger partial charge >= 0.3 is 0 Å². The Labute approximate surface area is 35.4 Å². The van der Waals surface area contributed by atoms with E-state index < -0.39 is 0 Å². The van der Waals surface area contributed by atoms with E-state index in [1.165, 1.54) is 0 Å². The van der Waals surface area contributed by atoms with Crippen LogP contribution in [0.25, 0.3) is 0 Å². The number of aliphatic hydroxyl groups excluding tert-OH is 1. The highest BCUT2D eigenvalue weighted by atomic mass is 17.2. The van der Waals surface area contributed by atoms with Crippen molar-refractivity contribution < 1.29 is 14.9 Å². The summed E-state index contributed by atoms with van der Waals surface area (Å²) in [5, 5.41) is 8.18. The van der Waals surface area contributed by atoms with Crippen molar-refractivity contribution in [2.45, 2.75) is 6.10 Å². The van der Waals surface area contributed by atoms with E-state index in [0.29, 0.717) is 6.61 Å². The van der Waals surface area contributed by atoms with Crippen LogP contribution in [-0.2, 0) is 9.78 Å². The fraction of sp³-hybridized carbons (Fsp3) is 1.00. The lowest BCUT2D eigenvalue weighted by Gasteiger charge is -2.21. The third-order valence-electron chi connectivity index (χ3n) is 0.662. The fourth-order valence-electron chi connectivity index (χ4n) is 0.247. The summed E-state index contributed by atoms with van der Waals surface area (Å²) in [7, 11) is 0. The first kappa shape index (κ1) is 4.05. The minimum absolute atomic E-state index is 0.0509. The summed E-state index contributed by atoms with van der Waals surface area (Å²) in [5.41, 5.74) is 0. The van der Waals surface area contributed by atoms with E-state index in [2.05, 4.69) is 9.78 Å². The SMILES string of the molecule is OC[C@@H]1COO1. The molecule has 6 heavy (non-hydrogen) atoms. The van der Waals surface area contributed by atoms with E-state index in [4.69, 9.17) is 5.11 Å². The van der Waals surface area contributed by atoms with Crippen molar-refractivity contribution in [2.75, 3.05) is 13.2 Å². The minimum Gasteiger partial charge on any atom is -0.393 e. The quantitative estimate of drug-likeness (QED) is 0.433. The van der Waals surface area contributed by atoms with Gasteiger partial charge in [-0.3, -0.25) is 0 Å². The van der Waals surface area contributed by atoms with E-state index in [0.717, 1.165) is 0 Å². The molecule has 0 spiro atoms. The van der Waals surface area contributed by atoms with Crippen molar-refractivity contribution in [1.82, 2.24) is 0 Å². The second-order valence-corrected chi connectivity index (χ2v) is 1.19. The normalized spacial score (nSPS) is 32.5. The van der Waals surface area contributed by atoms with Gasteiger partial charge in [-0.25, -0.2) is 9.78 Å². The predicted octanol–water partition coefficient (Wildman–Crippen LogP) is -0.691. The molecule has 0 aromatic heterocycles. The van der Waals surface area contributed by atoms with Crippen LogP contribution in [0.15, 0.2) is 0 Å². The molecule has 1 N–H and O–H groups in total. The highest BCUT2D eigenvalue weighted by Crippen LogP contribution is 2.02. The van der Waals surface area contributed by atoms with Gasteiger partial charge in [0, 0.05) is 0 Å². The van der Waals surface area contributed by atoms with Crippen LogP contribution in [0.2, 0.25) is 0 Å². The van der Waals surface area contributed by atoms with Crippen LogP contribution in [0, 0.1) is 0 Å². The summed E-state index contributed by atoms with van der Waals surface area (Å²) in [5.74, 6) is 0. The molecule has 1 atom stereocenters. The molecule has 1 aliphatic heterocycles. The molecule has 3 heteroatoms. The minimum atomic E-state index is -0.0509. The molecule has 0 radical (unpaired) electrons. The first-order valence-corrected chi connectivity index (χ1v) is 1.82. The van der Waals surface area contributed by atoms with Gasteiger partial charge in [0.15, 0.2) is 0 Å². The molecule has 0 unspecified atom stereocenters. The maximum absolute atomic E-state index is 8.18. The number of rotatable bonds is 1. The van der Waals surface area contributed by atoms with Crippen LogP contribution < -0.4 is 0 Å². The van der Waals surface area contributed by atoms with Crippen LogP contribution in [-0.4, -0.2) is 24.4 Å². The molecule has 0 aromatic carbocycles. The van der Waals surface area contributed by atoms with Crippen LogP contribution in [0.3, 0.4) is 0 Å². The fourth-order valence-corrected chi connectivity index (χ4v) is 0.247. The molecule has 0 bridgehead atoms. The van der Waals surface area contributed by atoms with Crippen molar-refractivity contribution in [3.05, 3.63) is 0 Å². The molecular formula is C3H6O3. The zero-order valence-corrected chi connectivity index (χ0v) is 3.26. The lowest BCUT2D eigenvalue weighted by atomic mass is 10.4. The molecule has 0 saturated carbocycles. The second-order valence-electron chi connectivity index (χ2n) is 1.19. The van der Waals surface area contributed by atoms with Crippen molar-refractivity contribution in [1.29, 1.82) is 0 Å². The summed E-state index contributed by atoms with van der Waals surface area (Å²) in [6.45, 7) is 0.608. The Kier molecular flexibility index (Phi) is 1.05. The Balaban J connectivity index is 2.01. The Hall–Kier alpha value is -0.120. The molecule has 36 valence electrons. The van der Waals surface area contributed by atoms with E-state index in [9.17, 15) is 0 Å². The number of aliphatic hydroxyl groups is 1. The summed E-state index contributed by atoms with van der Waals surface area (Å²) < 4.78 is 0. The largest absolute Gasteiger partial charge is 0.393 e. The molecule has 0 aromatic rings. The third kappa shape index (κ3) is 0.518. The highest BCUT2D eigenvalue weighted by Gasteiger charge is 2.17. The molecular weight excluding hydrogens is 84.0 g/mol. The number of hydrogen-bond acceptors (Lipinski definition) is 3. The predicted molar refractivity (Wildman–Crippen MR) is 17.9 cm³/mol. The molecule has 0 amide bonds. The summed E-state index contributed by atoms with van der Waals surface area (Å²) >= 11 is 0. The Morgan fingerprint density at radius 1 is 1.83 bits per heavy atom. The first-order chi connectivity index (χ1) is 2.93. The van der Waals surface area contributed by atoms with Gasteiger partial charge in [0.2, 0.25) is 0 Å². The van der Waals surface area contributed by atoms with Crippen molar-refractivity contribution in [3.8, 4) is 0 Å². The average molecular weight is 90.1 g/mol. The zero-order chi connectivity index (χ0) is 4.41. The second kappa shape index (κ2) is 1.55. The summed E-state index contributed by atoms with van der Waals surface area (Å²) in [4.78, 5) is 8.60. The van der Waals surface area contributed by atoms with Gasteiger partial charge in [0.05, 0.1) is 6.61 Å². The first-order valence-electron chi connectivity index (χ1n) is 1.82. The Morgan fingerprint density at radius 2 is 2.50 bits per heavy atom. The molecule has 0 aliphatic carbocycles. The van der Waals surface area contributed by atoms with Gasteiger partial charge in [-0.15, -0.1) is 0 Å². The van der Waals surface area contributed by atoms with Crippen molar-refractivity contribution in [2.24, 2.45) is 0 Å². The van der Waals surface area contributed by atoms with Gasteiger partial charge in [-0.1, -0.05) is 0 Å². The van der Waals surface area contributed by atoms with Gasteiger partial charge in [0.1, 0.15) is 12.7 Å². The zero-order valence-electron chi connectivity index (χ0n) is 3.26. The lowest BCUT2D eigenvalue weighted by Crippen LogP contribution is -2.33. The van der Waals surface area contributed by atoms with Crippen LogP contribution in [0.4, 0.5) is 0 Å². The monoisotopic (exact) mass is 90.0 g/mol. The smallest absolute Gasteiger partial charge is 0.142 e. The van der Waals surface area contributed by atoms with E-state index in [-0.39, 0.29) is 12.7 Å². The van der Waals surface area contributed by atoms with Crippen molar-refractivity contribution >= 4 is 0 Å². The molecule has 1 rings (SSSR count). The van der Waals surface area contributed by atoms with Crippen LogP contribution in [0.1, 0.15) is 0 Å². The van der Waals surface area contributed by atoms with E-state index >= 15 is 0 Å². The number of hydrogen-bond donors (Lipinski definition) is 1. The molecule has 1 fully saturated rings. The van der Waals surface area contributed by atoms with Gasteiger partial charge < -0.3 is 5.11 Å². The molecule has 3 nitrogen and oxygen atoms in total. The Morgan fingerprint density at radius 3 is 2.50 bits per heavy atom. The van der Waals surface area contributed by atoms with Gasteiger partial charge in [-0.2, -0.15) is 0 Å². The summed E-state index contributed by atoms with van der Waals surface area (Å²) in [6.07, 6.45) is -0.0509. The van der Waals surface area contributed by atoms with Crippen LogP contribution in [0.5, 0.6) is 0 Å². The molecule has 1 saturated heterocycles. The van der Waals surface area contributed by atoms with E-state index in [1.54, 1.807) is 0 Å².